The number of halogens is 1. The first-order valence-corrected chi connectivity index (χ1v) is 11.9. The van der Waals surface area contributed by atoms with Crippen LogP contribution in [0.25, 0.3) is 0 Å². The van der Waals surface area contributed by atoms with E-state index in [4.69, 9.17) is 14.6 Å². The smallest absolute Gasteiger partial charge is 0.322 e. The van der Waals surface area contributed by atoms with Crippen LogP contribution in [-0.4, -0.2) is 53.6 Å². The Balaban J connectivity index is 1.85. The number of methoxy groups -OCH3 is 1. The molecule has 1 heterocycles. The molecule has 0 spiro atoms. The number of hydrogen-bond donors (Lipinski definition) is 2. The highest BCUT2D eigenvalue weighted by molar-refractivity contribution is 9.10. The van der Waals surface area contributed by atoms with Gasteiger partial charge in [0.1, 0.15) is 12.6 Å². The normalized spacial score (nSPS) is 23.6. The van der Waals surface area contributed by atoms with E-state index in [9.17, 15) is 14.4 Å². The molecule has 2 amide bonds. The van der Waals surface area contributed by atoms with Crippen molar-refractivity contribution in [2.24, 2.45) is 5.92 Å². The molecule has 0 saturated heterocycles. The monoisotopic (exact) mass is 530 g/mol. The second-order valence-electron chi connectivity index (χ2n) is 8.89. The van der Waals surface area contributed by atoms with Crippen LogP contribution in [0.3, 0.4) is 0 Å². The van der Waals surface area contributed by atoms with E-state index in [0.29, 0.717) is 28.0 Å². The predicted octanol–water partition coefficient (Wildman–Crippen LogP) is 3.50. The Hall–Kier alpha value is -3.07. The molecule has 180 valence electrons. The van der Waals surface area contributed by atoms with Gasteiger partial charge in [-0.05, 0) is 30.0 Å². The Bertz CT molecular complexity index is 1110. The number of aliphatic carboxylic acids is 1. The molecule has 0 bridgehead atoms. The van der Waals surface area contributed by atoms with Crippen molar-refractivity contribution < 1.29 is 29.0 Å². The number of fused-ring (bicyclic) bond motifs is 1. The summed E-state index contributed by atoms with van der Waals surface area (Å²) in [6.45, 7) is 3.22. The van der Waals surface area contributed by atoms with Gasteiger partial charge in [-0.25, -0.2) is 0 Å². The Morgan fingerprint density at radius 2 is 1.97 bits per heavy atom. The number of rotatable bonds is 7. The summed E-state index contributed by atoms with van der Waals surface area (Å²) in [7, 11) is 1.49. The molecule has 2 aromatic rings. The van der Waals surface area contributed by atoms with Gasteiger partial charge in [-0.15, -0.1) is 0 Å². The molecule has 1 fully saturated rings. The van der Waals surface area contributed by atoms with Crippen LogP contribution in [0, 0.1) is 5.92 Å². The number of ether oxygens (including phenoxy) is 2. The molecule has 0 radical (unpaired) electrons. The third kappa shape index (κ3) is 4.61. The van der Waals surface area contributed by atoms with Gasteiger partial charge in [-0.2, -0.15) is 0 Å². The minimum atomic E-state index is -1.17. The molecule has 34 heavy (non-hydrogen) atoms. The van der Waals surface area contributed by atoms with Crippen molar-refractivity contribution in [1.29, 1.82) is 0 Å². The van der Waals surface area contributed by atoms with Gasteiger partial charge < -0.3 is 24.8 Å². The summed E-state index contributed by atoms with van der Waals surface area (Å²) < 4.78 is 12.4. The van der Waals surface area contributed by atoms with E-state index in [1.165, 1.54) is 7.11 Å². The van der Waals surface area contributed by atoms with Crippen molar-refractivity contribution >= 4 is 33.7 Å². The Morgan fingerprint density at radius 1 is 1.26 bits per heavy atom. The molecule has 0 aromatic heterocycles. The third-order valence-electron chi connectivity index (χ3n) is 6.19. The molecule has 2 N–H and O–H groups in total. The van der Waals surface area contributed by atoms with Gasteiger partial charge in [0.2, 0.25) is 5.91 Å². The average molecular weight is 531 g/mol. The fourth-order valence-corrected chi connectivity index (χ4v) is 4.98. The SMILES string of the molecule is COc1cc(Br)cc2c1OC(C(C)C)C(=O)N(C1CC1c1ccccc1)C2C(=O)NCC(=O)O. The molecule has 1 aliphatic heterocycles. The molecule has 4 rings (SSSR count). The number of carboxylic acids is 1. The lowest BCUT2D eigenvalue weighted by Crippen LogP contribution is -2.50. The van der Waals surface area contributed by atoms with Crippen molar-refractivity contribution in [1.82, 2.24) is 10.2 Å². The number of carbonyl (C=O) groups excluding carboxylic acids is 2. The molecule has 9 heteroatoms. The molecular formula is C25H27BrN2O6. The maximum Gasteiger partial charge on any atom is 0.322 e. The minimum absolute atomic E-state index is 0.0725. The van der Waals surface area contributed by atoms with Crippen LogP contribution >= 0.6 is 15.9 Å². The molecule has 1 saturated carbocycles. The maximum absolute atomic E-state index is 13.9. The standard InChI is InChI=1S/C25H27BrN2O6/c1-13(2)22-25(32)28(18-11-16(18)14-7-5-4-6-8-14)21(24(31)27-12-20(29)30)17-9-15(26)10-19(33-3)23(17)34-22/h4-10,13,16,18,21-22H,11-12H2,1-3H3,(H,27,31)(H,29,30). The van der Waals surface area contributed by atoms with Crippen LogP contribution < -0.4 is 14.8 Å². The summed E-state index contributed by atoms with van der Waals surface area (Å²) in [6, 6.07) is 12.0. The van der Waals surface area contributed by atoms with Crippen LogP contribution in [-0.2, 0) is 14.4 Å². The number of benzene rings is 2. The van der Waals surface area contributed by atoms with E-state index < -0.39 is 30.6 Å². The van der Waals surface area contributed by atoms with Crippen LogP contribution in [0.4, 0.5) is 0 Å². The lowest BCUT2D eigenvalue weighted by Gasteiger charge is -2.32. The molecule has 4 atom stereocenters. The highest BCUT2D eigenvalue weighted by atomic mass is 79.9. The van der Waals surface area contributed by atoms with Crippen molar-refractivity contribution in [3.8, 4) is 11.5 Å². The Labute approximate surface area is 206 Å². The zero-order valence-electron chi connectivity index (χ0n) is 19.2. The first-order chi connectivity index (χ1) is 16.2. The summed E-state index contributed by atoms with van der Waals surface area (Å²) in [6.07, 6.45) is -0.132. The minimum Gasteiger partial charge on any atom is -0.493 e. The second kappa shape index (κ2) is 9.66. The van der Waals surface area contributed by atoms with Gasteiger partial charge in [-0.3, -0.25) is 14.4 Å². The molecule has 8 nitrogen and oxygen atoms in total. The van der Waals surface area contributed by atoms with Gasteiger partial charge >= 0.3 is 5.97 Å². The number of carboxylic acid groups (broad SMARTS) is 1. The van der Waals surface area contributed by atoms with E-state index in [1.54, 1.807) is 17.0 Å². The van der Waals surface area contributed by atoms with Crippen LogP contribution in [0.15, 0.2) is 46.9 Å². The quantitative estimate of drug-likeness (QED) is 0.567. The fourth-order valence-electron chi connectivity index (χ4n) is 4.52. The Kier molecular flexibility index (Phi) is 6.84. The van der Waals surface area contributed by atoms with Crippen molar-refractivity contribution in [3.63, 3.8) is 0 Å². The molecule has 4 unspecified atom stereocenters. The lowest BCUT2D eigenvalue weighted by molar-refractivity contribution is -0.147. The third-order valence-corrected chi connectivity index (χ3v) is 6.65. The van der Waals surface area contributed by atoms with Gasteiger partial charge in [-0.1, -0.05) is 60.1 Å². The van der Waals surface area contributed by atoms with Crippen LogP contribution in [0.5, 0.6) is 11.5 Å². The van der Waals surface area contributed by atoms with E-state index in [2.05, 4.69) is 21.2 Å². The molecular weight excluding hydrogens is 504 g/mol. The van der Waals surface area contributed by atoms with Gasteiger partial charge in [0.05, 0.1) is 7.11 Å². The highest BCUT2D eigenvalue weighted by Gasteiger charge is 2.53. The Morgan fingerprint density at radius 3 is 2.59 bits per heavy atom. The van der Waals surface area contributed by atoms with Crippen molar-refractivity contribution in [2.75, 3.05) is 13.7 Å². The largest absolute Gasteiger partial charge is 0.493 e. The fraction of sp³-hybridized carbons (Fsp3) is 0.400. The van der Waals surface area contributed by atoms with Gasteiger partial charge in [0, 0.05) is 22.0 Å². The van der Waals surface area contributed by atoms with E-state index in [1.807, 2.05) is 44.2 Å². The lowest BCUT2D eigenvalue weighted by atomic mass is 10.0. The zero-order chi connectivity index (χ0) is 24.6. The van der Waals surface area contributed by atoms with Crippen molar-refractivity contribution in [2.45, 2.75) is 44.4 Å². The predicted molar refractivity (Wildman–Crippen MR) is 128 cm³/mol. The highest BCUT2D eigenvalue weighted by Crippen LogP contribution is 2.51. The number of nitrogens with zero attached hydrogens (tertiary/aromatic N) is 1. The van der Waals surface area contributed by atoms with E-state index in [-0.39, 0.29) is 23.8 Å². The van der Waals surface area contributed by atoms with Crippen LogP contribution in [0.2, 0.25) is 0 Å². The summed E-state index contributed by atoms with van der Waals surface area (Å²) >= 11 is 3.46. The summed E-state index contributed by atoms with van der Waals surface area (Å²) in [5, 5.41) is 11.6. The molecule has 2 aliphatic rings. The number of hydrogen-bond acceptors (Lipinski definition) is 5. The first-order valence-electron chi connectivity index (χ1n) is 11.1. The summed E-state index contributed by atoms with van der Waals surface area (Å²) in [4.78, 5) is 40.1. The first kappa shape index (κ1) is 24.1. The van der Waals surface area contributed by atoms with E-state index >= 15 is 0 Å². The molecule has 2 aromatic carbocycles. The maximum atomic E-state index is 13.9. The second-order valence-corrected chi connectivity index (χ2v) is 9.80. The summed E-state index contributed by atoms with van der Waals surface area (Å²) in [5.74, 6) is -1.46. The number of amides is 2. The molecule has 1 aliphatic carbocycles. The topological polar surface area (TPSA) is 105 Å². The van der Waals surface area contributed by atoms with Gasteiger partial charge in [0.15, 0.2) is 17.6 Å². The number of nitrogens with one attached hydrogen (secondary N) is 1. The average Bonchev–Trinajstić information content (AvgIpc) is 3.60. The number of carbonyl (C=O) groups is 3. The van der Waals surface area contributed by atoms with Crippen LogP contribution in [0.1, 0.15) is 43.4 Å². The summed E-state index contributed by atoms with van der Waals surface area (Å²) in [5.41, 5.74) is 1.53. The van der Waals surface area contributed by atoms with E-state index in [0.717, 1.165) is 5.56 Å². The van der Waals surface area contributed by atoms with Gasteiger partial charge in [0.25, 0.3) is 5.91 Å². The zero-order valence-corrected chi connectivity index (χ0v) is 20.7. The van der Waals surface area contributed by atoms with Crippen molar-refractivity contribution in [3.05, 3.63) is 58.1 Å².